The third-order valence-electron chi connectivity index (χ3n) is 2.50. The first-order valence-corrected chi connectivity index (χ1v) is 5.30. The van der Waals surface area contributed by atoms with E-state index in [0.717, 1.165) is 0 Å². The normalized spacial score (nSPS) is 10.2. The van der Waals surface area contributed by atoms with Gasteiger partial charge in [0.15, 0.2) is 5.78 Å². The Kier molecular flexibility index (Phi) is 3.14. The molecule has 0 aliphatic rings. The smallest absolute Gasteiger partial charge is 0.239 e. The number of rotatable bonds is 3. The Balaban J connectivity index is 2.10. The van der Waals surface area contributed by atoms with Crippen molar-refractivity contribution in [1.82, 2.24) is 9.55 Å². The van der Waals surface area contributed by atoms with Crippen LogP contribution < -0.4 is 0 Å². The van der Waals surface area contributed by atoms with Crippen LogP contribution in [0.3, 0.4) is 0 Å². The molecule has 4 nitrogen and oxygen atoms in total. The van der Waals surface area contributed by atoms with Crippen LogP contribution in [-0.2, 0) is 0 Å². The van der Waals surface area contributed by atoms with E-state index in [0.29, 0.717) is 11.4 Å². The topological polar surface area (TPSA) is 52.0 Å². The number of carbonyl (C=O) groups excluding carboxylic acids is 2. The van der Waals surface area contributed by atoms with Crippen molar-refractivity contribution < 1.29 is 9.59 Å². The number of Topliss-reactive ketones (excluding diaryl/α,β-unsaturated/α-hetero) is 1. The van der Waals surface area contributed by atoms with Gasteiger partial charge in [-0.3, -0.25) is 14.2 Å². The number of nitrogens with zero attached hydrogens (tertiary/aromatic N) is 2. The highest BCUT2D eigenvalue weighted by atomic mass is 16.2. The fraction of sp³-hybridized carbons (Fsp3) is 0.154. The van der Waals surface area contributed by atoms with Gasteiger partial charge in [-0.25, -0.2) is 4.98 Å². The first-order valence-electron chi connectivity index (χ1n) is 5.30. The summed E-state index contributed by atoms with van der Waals surface area (Å²) in [6, 6.07) is 8.80. The van der Waals surface area contributed by atoms with Crippen LogP contribution in [0.4, 0.5) is 0 Å². The lowest BCUT2D eigenvalue weighted by molar-refractivity contribution is 0.0841. The van der Waals surface area contributed by atoms with Gasteiger partial charge >= 0.3 is 0 Å². The highest BCUT2D eigenvalue weighted by molar-refractivity contribution is 6.07. The van der Waals surface area contributed by atoms with Crippen molar-refractivity contribution >= 4 is 11.7 Å². The van der Waals surface area contributed by atoms with Crippen molar-refractivity contribution in [1.29, 1.82) is 0 Å². The van der Waals surface area contributed by atoms with E-state index in [1.165, 1.54) is 4.57 Å². The molecule has 2 aromatic rings. The average Bonchev–Trinajstić information content (AvgIpc) is 2.76. The SMILES string of the molecule is Cc1nccn1C(=O)CC(=O)c1ccccc1. The first-order chi connectivity index (χ1) is 8.18. The predicted molar refractivity (Wildman–Crippen MR) is 63.0 cm³/mol. The quantitative estimate of drug-likeness (QED) is 0.597. The third-order valence-corrected chi connectivity index (χ3v) is 2.50. The van der Waals surface area contributed by atoms with Gasteiger partial charge < -0.3 is 0 Å². The molecular formula is C13H12N2O2. The molecule has 0 unspecified atom stereocenters. The van der Waals surface area contributed by atoms with E-state index in [1.54, 1.807) is 43.6 Å². The standard InChI is InChI=1S/C13H12N2O2/c1-10-14-7-8-15(10)13(17)9-12(16)11-5-3-2-4-6-11/h2-8H,9H2,1H3. The summed E-state index contributed by atoms with van der Waals surface area (Å²) in [6.45, 7) is 1.73. The number of carbonyl (C=O) groups is 2. The molecule has 0 radical (unpaired) electrons. The van der Waals surface area contributed by atoms with Gasteiger partial charge in [-0.15, -0.1) is 0 Å². The molecule has 0 bridgehead atoms. The van der Waals surface area contributed by atoms with E-state index >= 15 is 0 Å². The molecule has 0 fully saturated rings. The van der Waals surface area contributed by atoms with Gasteiger partial charge in [0.2, 0.25) is 5.91 Å². The minimum atomic E-state index is -0.256. The lowest BCUT2D eigenvalue weighted by atomic mass is 10.1. The van der Waals surface area contributed by atoms with Crippen molar-refractivity contribution in [3.8, 4) is 0 Å². The average molecular weight is 228 g/mol. The summed E-state index contributed by atoms with van der Waals surface area (Å²) in [5, 5.41) is 0. The molecule has 86 valence electrons. The number of benzene rings is 1. The Hall–Kier alpha value is -2.23. The molecule has 2 rings (SSSR count). The van der Waals surface area contributed by atoms with Crippen LogP contribution in [0.2, 0.25) is 0 Å². The fourth-order valence-electron chi connectivity index (χ4n) is 1.59. The van der Waals surface area contributed by atoms with E-state index < -0.39 is 0 Å². The molecule has 0 N–H and O–H groups in total. The molecule has 0 aliphatic carbocycles. The van der Waals surface area contributed by atoms with E-state index in [2.05, 4.69) is 4.98 Å². The molecule has 0 aliphatic heterocycles. The predicted octanol–water partition coefficient (Wildman–Crippen LogP) is 2.10. The summed E-state index contributed by atoms with van der Waals surface area (Å²) >= 11 is 0. The Morgan fingerprint density at radius 1 is 1.24 bits per heavy atom. The molecule has 0 saturated heterocycles. The molecule has 17 heavy (non-hydrogen) atoms. The minimum absolute atomic E-state index is 0.138. The molecule has 0 saturated carbocycles. The molecule has 0 amide bonds. The fourth-order valence-corrected chi connectivity index (χ4v) is 1.59. The van der Waals surface area contributed by atoms with Gasteiger partial charge in [-0.2, -0.15) is 0 Å². The van der Waals surface area contributed by atoms with Crippen LogP contribution in [0.25, 0.3) is 0 Å². The van der Waals surface area contributed by atoms with Gasteiger partial charge in [0.1, 0.15) is 5.82 Å². The Morgan fingerprint density at radius 2 is 1.94 bits per heavy atom. The van der Waals surface area contributed by atoms with Gasteiger partial charge in [0.05, 0.1) is 6.42 Å². The number of hydrogen-bond donors (Lipinski definition) is 0. The summed E-state index contributed by atoms with van der Waals surface area (Å²) in [4.78, 5) is 27.6. The summed E-state index contributed by atoms with van der Waals surface area (Å²) in [7, 11) is 0. The van der Waals surface area contributed by atoms with Crippen molar-refractivity contribution in [2.24, 2.45) is 0 Å². The molecule has 0 spiro atoms. The van der Waals surface area contributed by atoms with Crippen molar-refractivity contribution in [2.45, 2.75) is 13.3 Å². The highest BCUT2D eigenvalue weighted by Gasteiger charge is 2.14. The van der Waals surface area contributed by atoms with Crippen LogP contribution in [0, 0.1) is 6.92 Å². The van der Waals surface area contributed by atoms with Crippen LogP contribution in [0.15, 0.2) is 42.7 Å². The summed E-state index contributed by atoms with van der Waals surface area (Å²) in [5.41, 5.74) is 0.554. The van der Waals surface area contributed by atoms with Gasteiger partial charge in [0.25, 0.3) is 0 Å². The summed E-state index contributed by atoms with van der Waals surface area (Å²) < 4.78 is 1.39. The second kappa shape index (κ2) is 4.74. The van der Waals surface area contributed by atoms with E-state index in [1.807, 2.05) is 6.07 Å². The highest BCUT2D eigenvalue weighted by Crippen LogP contribution is 2.05. The van der Waals surface area contributed by atoms with Crippen LogP contribution in [-0.4, -0.2) is 21.2 Å². The van der Waals surface area contributed by atoms with Crippen molar-refractivity contribution in [3.63, 3.8) is 0 Å². The zero-order valence-corrected chi connectivity index (χ0v) is 9.46. The molecule has 4 heteroatoms. The van der Waals surface area contributed by atoms with Gasteiger partial charge in [-0.05, 0) is 6.92 Å². The maximum Gasteiger partial charge on any atom is 0.239 e. The maximum absolute atomic E-state index is 11.8. The Morgan fingerprint density at radius 3 is 2.53 bits per heavy atom. The van der Waals surface area contributed by atoms with E-state index in [-0.39, 0.29) is 18.1 Å². The minimum Gasteiger partial charge on any atom is -0.294 e. The monoisotopic (exact) mass is 228 g/mol. The molecule has 1 heterocycles. The summed E-state index contributed by atoms with van der Waals surface area (Å²) in [5.74, 6) is 0.161. The van der Waals surface area contributed by atoms with Crippen LogP contribution in [0.5, 0.6) is 0 Å². The maximum atomic E-state index is 11.8. The third kappa shape index (κ3) is 2.47. The van der Waals surface area contributed by atoms with Gasteiger partial charge in [0, 0.05) is 18.0 Å². The molecule has 1 aromatic carbocycles. The number of imidazole rings is 1. The Bertz CT molecular complexity index is 544. The van der Waals surface area contributed by atoms with E-state index in [9.17, 15) is 9.59 Å². The first kappa shape index (κ1) is 11.3. The number of aryl methyl sites for hydroxylation is 1. The largest absolute Gasteiger partial charge is 0.294 e. The lowest BCUT2D eigenvalue weighted by Crippen LogP contribution is -2.16. The second-order valence-corrected chi connectivity index (χ2v) is 3.70. The number of aromatic nitrogens is 2. The molecule has 1 aromatic heterocycles. The van der Waals surface area contributed by atoms with E-state index in [4.69, 9.17) is 0 Å². The van der Waals surface area contributed by atoms with Crippen LogP contribution >= 0.6 is 0 Å². The molecule has 0 atom stereocenters. The van der Waals surface area contributed by atoms with Crippen molar-refractivity contribution in [3.05, 3.63) is 54.1 Å². The second-order valence-electron chi connectivity index (χ2n) is 3.70. The number of hydrogen-bond acceptors (Lipinski definition) is 3. The van der Waals surface area contributed by atoms with Crippen molar-refractivity contribution in [2.75, 3.05) is 0 Å². The Labute approximate surface area is 98.9 Å². The molecular weight excluding hydrogens is 216 g/mol. The van der Waals surface area contributed by atoms with Crippen LogP contribution in [0.1, 0.15) is 27.4 Å². The number of ketones is 1. The van der Waals surface area contributed by atoms with Gasteiger partial charge in [-0.1, -0.05) is 30.3 Å². The lowest BCUT2D eigenvalue weighted by Gasteiger charge is -2.03. The summed E-state index contributed by atoms with van der Waals surface area (Å²) in [6.07, 6.45) is 2.97. The zero-order chi connectivity index (χ0) is 12.3. The zero-order valence-electron chi connectivity index (χ0n) is 9.46.